The molecule has 0 saturated heterocycles. The van der Waals surface area contributed by atoms with Crippen LogP contribution in [0.5, 0.6) is 0 Å². The molecular formula is C18H28N4O. The van der Waals surface area contributed by atoms with E-state index in [0.29, 0.717) is 18.4 Å². The molecular weight excluding hydrogens is 288 g/mol. The summed E-state index contributed by atoms with van der Waals surface area (Å²) >= 11 is 0. The molecule has 0 fully saturated rings. The van der Waals surface area contributed by atoms with Crippen LogP contribution in [0.2, 0.25) is 0 Å². The van der Waals surface area contributed by atoms with Crippen molar-refractivity contribution in [3.05, 3.63) is 48.6 Å². The maximum atomic E-state index is 11.7. The molecule has 126 valence electrons. The molecule has 2 unspecified atom stereocenters. The van der Waals surface area contributed by atoms with Gasteiger partial charge in [-0.05, 0) is 12.5 Å². The molecule has 0 aliphatic carbocycles. The Kier molecular flexibility index (Phi) is 7.88. The second-order valence-electron chi connectivity index (χ2n) is 5.75. The third-order valence-electron chi connectivity index (χ3n) is 3.72. The largest absolute Gasteiger partial charge is 0.353 e. The van der Waals surface area contributed by atoms with Crippen LogP contribution in [0, 0.1) is 0 Å². The Bertz CT molecular complexity index is 525. The highest BCUT2D eigenvalue weighted by Gasteiger charge is 2.15. The molecule has 0 heterocycles. The number of aliphatic imine (C=N–C) groups is 1. The Morgan fingerprint density at radius 2 is 1.96 bits per heavy atom. The fourth-order valence-electron chi connectivity index (χ4n) is 2.00. The number of carbonyl (C=O) groups excluding carboxylic acids is 1. The second kappa shape index (κ2) is 9.66. The summed E-state index contributed by atoms with van der Waals surface area (Å²) in [5.41, 5.74) is 1.26. The van der Waals surface area contributed by atoms with Crippen LogP contribution in [0.4, 0.5) is 0 Å². The van der Waals surface area contributed by atoms with Crippen LogP contribution in [0.3, 0.4) is 0 Å². The zero-order valence-corrected chi connectivity index (χ0v) is 14.5. The minimum Gasteiger partial charge on any atom is -0.353 e. The molecule has 0 aromatic heterocycles. The first kappa shape index (κ1) is 18.7. The predicted molar refractivity (Wildman–Crippen MR) is 96.7 cm³/mol. The first-order valence-corrected chi connectivity index (χ1v) is 7.86. The molecule has 5 nitrogen and oxygen atoms in total. The van der Waals surface area contributed by atoms with Crippen molar-refractivity contribution in [2.24, 2.45) is 4.99 Å². The lowest BCUT2D eigenvalue weighted by Gasteiger charge is -2.24. The molecule has 1 amide bonds. The Morgan fingerprint density at radius 1 is 1.30 bits per heavy atom. The zero-order chi connectivity index (χ0) is 17.2. The van der Waals surface area contributed by atoms with Crippen LogP contribution >= 0.6 is 0 Å². The van der Waals surface area contributed by atoms with Crippen molar-refractivity contribution in [3.63, 3.8) is 0 Å². The van der Waals surface area contributed by atoms with Crippen LogP contribution in [0.1, 0.15) is 25.3 Å². The summed E-state index contributed by atoms with van der Waals surface area (Å²) in [7, 11) is 3.45. The molecule has 0 spiro atoms. The second-order valence-corrected chi connectivity index (χ2v) is 5.75. The number of hydrogen-bond acceptors (Lipinski definition) is 2. The minimum atomic E-state index is -0.0338. The molecule has 0 aliphatic rings. The van der Waals surface area contributed by atoms with Gasteiger partial charge >= 0.3 is 0 Å². The summed E-state index contributed by atoms with van der Waals surface area (Å²) in [4.78, 5) is 17.6. The van der Waals surface area contributed by atoms with Crippen molar-refractivity contribution in [1.29, 1.82) is 0 Å². The number of benzene rings is 1. The number of amides is 1. The summed E-state index contributed by atoms with van der Waals surface area (Å²) in [6.07, 6.45) is 1.76. The monoisotopic (exact) mass is 316 g/mol. The number of rotatable bonds is 7. The number of nitrogens with one attached hydrogen (secondary N) is 2. The summed E-state index contributed by atoms with van der Waals surface area (Å²) in [5, 5.41) is 6.52. The maximum Gasteiger partial charge on any atom is 0.243 e. The Labute approximate surface area is 139 Å². The van der Waals surface area contributed by atoms with Gasteiger partial charge in [0.2, 0.25) is 5.91 Å². The third-order valence-corrected chi connectivity index (χ3v) is 3.72. The highest BCUT2D eigenvalue weighted by Crippen LogP contribution is 2.18. The van der Waals surface area contributed by atoms with E-state index in [9.17, 15) is 4.79 Å². The average Bonchev–Trinajstić information content (AvgIpc) is 2.56. The summed E-state index contributed by atoms with van der Waals surface area (Å²) in [6, 6.07) is 10.5. The molecule has 0 bridgehead atoms. The van der Waals surface area contributed by atoms with E-state index in [1.54, 1.807) is 20.2 Å². The first-order chi connectivity index (χ1) is 11.0. The molecule has 5 heteroatoms. The first-order valence-electron chi connectivity index (χ1n) is 7.86. The van der Waals surface area contributed by atoms with Crippen LogP contribution in [-0.2, 0) is 4.79 Å². The van der Waals surface area contributed by atoms with E-state index >= 15 is 0 Å². The van der Waals surface area contributed by atoms with Crippen molar-refractivity contribution >= 4 is 11.9 Å². The van der Waals surface area contributed by atoms with Crippen molar-refractivity contribution < 1.29 is 4.79 Å². The highest BCUT2D eigenvalue weighted by molar-refractivity contribution is 5.85. The van der Waals surface area contributed by atoms with Gasteiger partial charge in [-0.2, -0.15) is 0 Å². The SMILES string of the molecule is C=CCNC(=NCC(=O)N(C)C)NC(C)C(C)c1ccccc1. The van der Waals surface area contributed by atoms with Gasteiger partial charge in [0, 0.05) is 32.6 Å². The van der Waals surface area contributed by atoms with Crippen LogP contribution in [-0.4, -0.2) is 50.0 Å². The van der Waals surface area contributed by atoms with Gasteiger partial charge in [-0.25, -0.2) is 4.99 Å². The van der Waals surface area contributed by atoms with E-state index in [0.717, 1.165) is 0 Å². The summed E-state index contributed by atoms with van der Waals surface area (Å²) in [5.74, 6) is 0.903. The van der Waals surface area contributed by atoms with Crippen molar-refractivity contribution in [1.82, 2.24) is 15.5 Å². The molecule has 0 radical (unpaired) electrons. The van der Waals surface area contributed by atoms with Crippen LogP contribution < -0.4 is 10.6 Å². The number of carbonyl (C=O) groups is 1. The fourth-order valence-corrected chi connectivity index (χ4v) is 2.00. The van der Waals surface area contributed by atoms with E-state index in [4.69, 9.17) is 0 Å². The molecule has 1 aromatic carbocycles. The number of hydrogen-bond donors (Lipinski definition) is 2. The molecule has 1 aromatic rings. The third kappa shape index (κ3) is 6.55. The van der Waals surface area contributed by atoms with Crippen molar-refractivity contribution in [2.75, 3.05) is 27.2 Å². The van der Waals surface area contributed by atoms with Gasteiger partial charge in [-0.3, -0.25) is 4.79 Å². The van der Waals surface area contributed by atoms with Gasteiger partial charge in [0.1, 0.15) is 6.54 Å². The van der Waals surface area contributed by atoms with Gasteiger partial charge in [-0.1, -0.05) is 43.3 Å². The van der Waals surface area contributed by atoms with Crippen molar-refractivity contribution in [3.8, 4) is 0 Å². The van der Waals surface area contributed by atoms with E-state index in [1.165, 1.54) is 10.5 Å². The molecule has 23 heavy (non-hydrogen) atoms. The van der Waals surface area contributed by atoms with E-state index in [1.807, 2.05) is 18.2 Å². The minimum absolute atomic E-state index is 0.0338. The van der Waals surface area contributed by atoms with Gasteiger partial charge in [0.25, 0.3) is 0 Å². The van der Waals surface area contributed by atoms with Gasteiger partial charge in [0.15, 0.2) is 5.96 Å². The molecule has 2 atom stereocenters. The predicted octanol–water partition coefficient (Wildman–Crippen LogP) is 1.99. The number of likely N-dealkylation sites (N-methyl/N-ethyl adjacent to an activating group) is 1. The van der Waals surface area contributed by atoms with E-state index in [-0.39, 0.29) is 18.5 Å². The van der Waals surface area contributed by atoms with Gasteiger partial charge in [0.05, 0.1) is 0 Å². The summed E-state index contributed by atoms with van der Waals surface area (Å²) in [6.45, 7) is 8.68. The Balaban J connectivity index is 2.73. The number of guanidine groups is 1. The quantitative estimate of drug-likeness (QED) is 0.459. The highest BCUT2D eigenvalue weighted by atomic mass is 16.2. The standard InChI is InChI=1S/C18H28N4O/c1-6-12-19-18(20-13-17(23)22(4)5)21-15(3)14(2)16-10-8-7-9-11-16/h6-11,14-15H,1,12-13H2,2-5H3,(H2,19,20,21). The molecule has 2 N–H and O–H groups in total. The Hall–Kier alpha value is -2.30. The maximum absolute atomic E-state index is 11.7. The van der Waals surface area contributed by atoms with Crippen molar-refractivity contribution in [2.45, 2.75) is 25.8 Å². The summed E-state index contributed by atoms with van der Waals surface area (Å²) < 4.78 is 0. The Morgan fingerprint density at radius 3 is 2.52 bits per heavy atom. The molecule has 0 saturated carbocycles. The molecule has 1 rings (SSSR count). The van der Waals surface area contributed by atoms with E-state index < -0.39 is 0 Å². The smallest absolute Gasteiger partial charge is 0.243 e. The lowest BCUT2D eigenvalue weighted by Crippen LogP contribution is -2.44. The van der Waals surface area contributed by atoms with Gasteiger partial charge in [-0.15, -0.1) is 6.58 Å². The molecule has 0 aliphatic heterocycles. The van der Waals surface area contributed by atoms with Crippen LogP contribution in [0.15, 0.2) is 48.0 Å². The van der Waals surface area contributed by atoms with Gasteiger partial charge < -0.3 is 15.5 Å². The number of nitrogens with zero attached hydrogens (tertiary/aromatic N) is 2. The average molecular weight is 316 g/mol. The fraction of sp³-hybridized carbons (Fsp3) is 0.444. The normalized spacial score (nSPS) is 13.8. The van der Waals surface area contributed by atoms with E-state index in [2.05, 4.69) is 48.2 Å². The zero-order valence-electron chi connectivity index (χ0n) is 14.5. The van der Waals surface area contributed by atoms with Crippen LogP contribution in [0.25, 0.3) is 0 Å². The lowest BCUT2D eigenvalue weighted by atomic mass is 9.94. The topological polar surface area (TPSA) is 56.7 Å². The lowest BCUT2D eigenvalue weighted by molar-refractivity contribution is -0.127.